The van der Waals surface area contributed by atoms with Crippen LogP contribution in [0.5, 0.6) is 0 Å². The molecule has 0 bridgehead atoms. The highest BCUT2D eigenvalue weighted by Gasteiger charge is 2.07. The third-order valence-electron chi connectivity index (χ3n) is 1.26. The highest BCUT2D eigenvalue weighted by atomic mass is 32.1. The fraction of sp³-hybridized carbons (Fsp3) is 1.00. The molecule has 0 aromatic carbocycles. The van der Waals surface area contributed by atoms with E-state index >= 15 is 0 Å². The van der Waals surface area contributed by atoms with E-state index < -0.39 is 16.2 Å². The van der Waals surface area contributed by atoms with Gasteiger partial charge in [-0.15, -0.1) is 0 Å². The first kappa shape index (κ1) is 13.4. The normalized spacial score (nSPS) is 12.0. The van der Waals surface area contributed by atoms with Crippen LogP contribution in [0.4, 0.5) is 0 Å². The Labute approximate surface area is 88.5 Å². The fourth-order valence-electron chi connectivity index (χ4n) is 0.721. The summed E-state index contributed by atoms with van der Waals surface area (Å²) < 4.78 is 16.1. The van der Waals surface area contributed by atoms with Gasteiger partial charge in [0.1, 0.15) is 0 Å². The van der Waals surface area contributed by atoms with Gasteiger partial charge in [-0.05, 0) is 12.8 Å². The first-order valence-corrected chi connectivity index (χ1v) is 7.01. The lowest BCUT2D eigenvalue weighted by molar-refractivity contribution is -0.247. The summed E-state index contributed by atoms with van der Waals surface area (Å²) in [5.41, 5.74) is 0. The van der Waals surface area contributed by atoms with Crippen molar-refractivity contribution in [3.63, 3.8) is 0 Å². The molecule has 0 N–H and O–H groups in total. The molecule has 0 unspecified atom stereocenters. The predicted octanol–water partition coefficient (Wildman–Crippen LogP) is 1.11. The molecule has 0 atom stereocenters. The maximum Gasteiger partial charge on any atom is 0.261 e. The average Bonchev–Trinajstić information content (AvgIpc) is 2.17. The minimum Gasteiger partial charge on any atom is -0.378 e. The Kier molecular flexibility index (Phi) is 10.9. The van der Waals surface area contributed by atoms with E-state index in [9.17, 15) is 0 Å². The van der Waals surface area contributed by atoms with Crippen molar-refractivity contribution in [1.29, 1.82) is 0 Å². The van der Waals surface area contributed by atoms with Gasteiger partial charge in [0.15, 0.2) is 9.76 Å². The van der Waals surface area contributed by atoms with Crippen LogP contribution < -0.4 is 0 Å². The molecular weight excluding hydrogens is 204 g/mol. The third-order valence-corrected chi connectivity index (χ3v) is 2.50. The summed E-state index contributed by atoms with van der Waals surface area (Å²) in [5.74, 6) is 0. The van der Waals surface area contributed by atoms with E-state index in [0.717, 1.165) is 18.2 Å². The number of hydrogen-bond donors (Lipinski definition) is 1. The molecule has 0 fully saturated rings. The number of ether oxygens (including phenoxy) is 2. The van der Waals surface area contributed by atoms with Gasteiger partial charge in [-0.25, -0.2) is 0 Å². The molecule has 0 aromatic rings. The molecule has 0 rings (SSSR count). The average molecular weight is 224 g/mol. The van der Waals surface area contributed by atoms with E-state index in [1.165, 1.54) is 0 Å². The van der Waals surface area contributed by atoms with Crippen molar-refractivity contribution >= 4 is 22.4 Å². The summed E-state index contributed by atoms with van der Waals surface area (Å²) in [6, 6.07) is 0. The Hall–Kier alpha value is 0.447. The summed E-state index contributed by atoms with van der Waals surface area (Å²) in [6.07, 6.45) is 1.97. The van der Waals surface area contributed by atoms with Gasteiger partial charge >= 0.3 is 0 Å². The lowest BCUT2D eigenvalue weighted by Crippen LogP contribution is -2.24. The van der Waals surface area contributed by atoms with Crippen molar-refractivity contribution < 1.29 is 13.9 Å². The van der Waals surface area contributed by atoms with Crippen LogP contribution in [-0.2, 0) is 13.9 Å². The zero-order valence-corrected chi connectivity index (χ0v) is 10.8. The maximum atomic E-state index is 5.41. The highest BCUT2D eigenvalue weighted by molar-refractivity contribution is 7.81. The molecule has 0 saturated carbocycles. The van der Waals surface area contributed by atoms with E-state index in [4.69, 9.17) is 13.9 Å². The second-order valence-electron chi connectivity index (χ2n) is 2.62. The van der Waals surface area contributed by atoms with Gasteiger partial charge in [0, 0.05) is 5.38 Å². The van der Waals surface area contributed by atoms with Gasteiger partial charge in [-0.2, -0.15) is 12.6 Å². The van der Waals surface area contributed by atoms with Gasteiger partial charge < -0.3 is 13.9 Å². The van der Waals surface area contributed by atoms with Crippen LogP contribution in [0.25, 0.3) is 0 Å². The van der Waals surface area contributed by atoms with Gasteiger partial charge in [0.05, 0.1) is 13.2 Å². The van der Waals surface area contributed by atoms with E-state index in [1.54, 1.807) is 0 Å². The Bertz CT molecular complexity index is 86.4. The van der Waals surface area contributed by atoms with Gasteiger partial charge in [-0.3, -0.25) is 0 Å². The molecule has 5 heteroatoms. The smallest absolute Gasteiger partial charge is 0.261 e. The molecule has 80 valence electrons. The summed E-state index contributed by atoms with van der Waals surface area (Å²) in [5, 5.41) is 0.821. The minimum absolute atomic E-state index is 0.446. The monoisotopic (exact) mass is 224 g/mol. The van der Waals surface area contributed by atoms with Crippen molar-refractivity contribution in [3.05, 3.63) is 0 Å². The standard InChI is InChI=1S/C8H20O3SSi/c1-3-5-9-8(10-6-4-2)11-13-7-12/h8,12H,3-7,13H2,1-2H3. The van der Waals surface area contributed by atoms with Crippen LogP contribution in [0.1, 0.15) is 26.7 Å². The fourth-order valence-corrected chi connectivity index (χ4v) is 1.53. The van der Waals surface area contributed by atoms with Gasteiger partial charge in [0.25, 0.3) is 6.48 Å². The largest absolute Gasteiger partial charge is 0.378 e. The molecule has 0 aliphatic carbocycles. The van der Waals surface area contributed by atoms with Crippen molar-refractivity contribution in [2.45, 2.75) is 33.2 Å². The number of rotatable bonds is 9. The SMILES string of the molecule is CCCOC(OCCC)O[SiH2]CS. The van der Waals surface area contributed by atoms with Gasteiger partial charge in [0.2, 0.25) is 0 Å². The van der Waals surface area contributed by atoms with Crippen LogP contribution in [-0.4, -0.2) is 34.8 Å². The molecule has 0 aliphatic rings. The molecule has 0 radical (unpaired) electrons. The van der Waals surface area contributed by atoms with Crippen molar-refractivity contribution in [1.82, 2.24) is 0 Å². The Morgan fingerprint density at radius 3 is 2.08 bits per heavy atom. The van der Waals surface area contributed by atoms with Crippen LogP contribution in [0.2, 0.25) is 0 Å². The summed E-state index contributed by atoms with van der Waals surface area (Å²) in [7, 11) is -0.567. The first-order valence-electron chi connectivity index (χ1n) is 4.80. The molecule has 0 spiro atoms. The quantitative estimate of drug-likeness (QED) is 0.361. The summed E-state index contributed by atoms with van der Waals surface area (Å²) in [4.78, 5) is 0. The van der Waals surface area contributed by atoms with E-state index in [0.29, 0.717) is 13.2 Å². The maximum absolute atomic E-state index is 5.41. The van der Waals surface area contributed by atoms with Crippen molar-refractivity contribution in [2.75, 3.05) is 18.6 Å². The van der Waals surface area contributed by atoms with E-state index in [-0.39, 0.29) is 0 Å². The highest BCUT2D eigenvalue weighted by Crippen LogP contribution is 1.99. The first-order chi connectivity index (χ1) is 6.35. The summed E-state index contributed by atoms with van der Waals surface area (Å²) in [6.45, 7) is 5.06. The Balaban J connectivity index is 3.47. The molecule has 0 aromatic heterocycles. The van der Waals surface area contributed by atoms with Crippen LogP contribution in [0.3, 0.4) is 0 Å². The van der Waals surface area contributed by atoms with Gasteiger partial charge in [-0.1, -0.05) is 13.8 Å². The molecule has 0 saturated heterocycles. The minimum atomic E-state index is -0.567. The van der Waals surface area contributed by atoms with E-state index in [2.05, 4.69) is 26.5 Å². The second kappa shape index (κ2) is 10.5. The van der Waals surface area contributed by atoms with Crippen LogP contribution in [0, 0.1) is 0 Å². The van der Waals surface area contributed by atoms with Crippen LogP contribution >= 0.6 is 12.6 Å². The summed E-state index contributed by atoms with van der Waals surface area (Å²) >= 11 is 4.10. The second-order valence-corrected chi connectivity index (χ2v) is 5.16. The lowest BCUT2D eigenvalue weighted by Gasteiger charge is -2.17. The Morgan fingerprint density at radius 2 is 1.69 bits per heavy atom. The zero-order chi connectivity index (χ0) is 9.94. The zero-order valence-electron chi connectivity index (χ0n) is 8.49. The number of hydrogen-bond acceptors (Lipinski definition) is 4. The third kappa shape index (κ3) is 8.77. The van der Waals surface area contributed by atoms with E-state index in [1.807, 2.05) is 0 Å². The molecular formula is C8H20O3SSi. The molecule has 0 aliphatic heterocycles. The Morgan fingerprint density at radius 1 is 1.15 bits per heavy atom. The molecule has 0 heterocycles. The lowest BCUT2D eigenvalue weighted by atomic mass is 10.5. The molecule has 3 nitrogen and oxygen atoms in total. The molecule has 13 heavy (non-hydrogen) atoms. The van der Waals surface area contributed by atoms with Crippen LogP contribution in [0.15, 0.2) is 0 Å². The topological polar surface area (TPSA) is 27.7 Å². The molecule has 0 amide bonds. The van der Waals surface area contributed by atoms with Crippen molar-refractivity contribution in [2.24, 2.45) is 0 Å². The number of thiol groups is 1. The van der Waals surface area contributed by atoms with Crippen molar-refractivity contribution in [3.8, 4) is 0 Å². The predicted molar refractivity (Wildman–Crippen MR) is 59.8 cm³/mol.